The van der Waals surface area contributed by atoms with Crippen molar-refractivity contribution in [3.63, 3.8) is 0 Å². The van der Waals surface area contributed by atoms with Gasteiger partial charge in [0.25, 0.3) is 6.71 Å². The van der Waals surface area contributed by atoms with Gasteiger partial charge in [0.2, 0.25) is 0 Å². The molecule has 486 valence electrons. The summed E-state index contributed by atoms with van der Waals surface area (Å²) in [4.78, 5) is 5.32. The summed E-state index contributed by atoms with van der Waals surface area (Å²) in [5.41, 5.74) is 31.0. The Morgan fingerprint density at radius 3 is 1.00 bits per heavy atom. The number of para-hydroxylation sites is 3. The van der Waals surface area contributed by atoms with Crippen molar-refractivity contribution in [2.24, 2.45) is 0 Å². The number of rotatable bonds is 7. The Kier molecular flexibility index (Phi) is 13.6. The molecule has 0 saturated carbocycles. The van der Waals surface area contributed by atoms with E-state index >= 15 is 0 Å². The van der Waals surface area contributed by atoms with Crippen LogP contribution in [0, 0.1) is 0 Å². The number of fused-ring (bicyclic) bond motifs is 13. The van der Waals surface area contributed by atoms with Crippen LogP contribution >= 0.6 is 0 Å². The maximum Gasteiger partial charge on any atom is 0.252 e. The van der Waals surface area contributed by atoms with Crippen LogP contribution in [0.3, 0.4) is 0 Å². The molecule has 0 amide bonds. The third kappa shape index (κ3) is 9.80. The monoisotopic (exact) mass is 1290 g/mol. The zero-order chi connectivity index (χ0) is 68.5. The molecule has 16 aromatic rings. The molecule has 0 radical (unpaired) electrons. The number of hydrogen-bond donors (Lipinski definition) is 0. The van der Waals surface area contributed by atoms with Gasteiger partial charge in [-0.2, -0.15) is 0 Å². The fourth-order valence-electron chi connectivity index (χ4n) is 16.1. The maximum absolute atomic E-state index is 7.07. The van der Waals surface area contributed by atoms with Crippen molar-refractivity contribution in [1.82, 2.24) is 0 Å². The first kappa shape index (κ1) is 61.3. The van der Waals surface area contributed by atoms with Crippen LogP contribution in [0.2, 0.25) is 0 Å². The highest BCUT2D eigenvalue weighted by molar-refractivity contribution is 7.00. The van der Waals surface area contributed by atoms with Crippen LogP contribution in [0.1, 0.15) is 105 Å². The number of hydrogen-bond acceptors (Lipinski definition) is 5. The lowest BCUT2D eigenvalue weighted by atomic mass is 9.33. The molecule has 0 saturated heterocycles. The van der Waals surface area contributed by atoms with Crippen LogP contribution in [-0.2, 0) is 21.7 Å². The van der Waals surface area contributed by atoms with E-state index in [1.54, 1.807) is 0 Å². The Bertz CT molecular complexity index is 5660. The highest BCUT2D eigenvalue weighted by Gasteiger charge is 2.46. The maximum atomic E-state index is 7.07. The highest BCUT2D eigenvalue weighted by Crippen LogP contribution is 2.56. The first-order valence-electron chi connectivity index (χ1n) is 35.4. The Hall–Kier alpha value is -11.1. The first-order valence-corrected chi connectivity index (χ1v) is 35.4. The molecule has 5 nitrogen and oxygen atoms in total. The van der Waals surface area contributed by atoms with Gasteiger partial charge in [-0.05, 0) is 178 Å². The Morgan fingerprint density at radius 2 is 0.600 bits per heavy atom. The summed E-state index contributed by atoms with van der Waals surface area (Å²) in [7, 11) is 0. The van der Waals surface area contributed by atoms with E-state index < -0.39 is 0 Å². The Balaban J connectivity index is 1.05. The molecule has 0 bridgehead atoms. The molecular formula is C94H79BN2O3. The van der Waals surface area contributed by atoms with Crippen molar-refractivity contribution in [2.75, 3.05) is 9.80 Å². The van der Waals surface area contributed by atoms with Gasteiger partial charge < -0.3 is 23.1 Å². The lowest BCUT2D eigenvalue weighted by Crippen LogP contribution is -2.61. The van der Waals surface area contributed by atoms with E-state index in [0.29, 0.717) is 0 Å². The van der Waals surface area contributed by atoms with Gasteiger partial charge >= 0.3 is 0 Å². The molecule has 0 aliphatic carbocycles. The van der Waals surface area contributed by atoms with Gasteiger partial charge in [0.15, 0.2) is 0 Å². The molecule has 6 heteroatoms. The minimum atomic E-state index is -0.275. The molecule has 3 aromatic heterocycles. The smallest absolute Gasteiger partial charge is 0.252 e. The van der Waals surface area contributed by atoms with Crippen molar-refractivity contribution in [1.29, 1.82) is 0 Å². The molecule has 2 aliphatic heterocycles. The molecule has 13 aromatic carbocycles. The second-order valence-electron chi connectivity index (χ2n) is 32.1. The molecule has 5 heterocycles. The van der Waals surface area contributed by atoms with E-state index in [0.717, 1.165) is 144 Å². The number of nitrogens with zero attached hydrogens (tertiary/aromatic N) is 2. The Labute approximate surface area is 586 Å². The summed E-state index contributed by atoms with van der Waals surface area (Å²) in [6.45, 7) is 27.8. The summed E-state index contributed by atoms with van der Waals surface area (Å²) in [5.74, 6) is 0. The summed E-state index contributed by atoms with van der Waals surface area (Å²) in [5, 5.41) is 6.33. The van der Waals surface area contributed by atoms with Crippen molar-refractivity contribution in [2.45, 2.75) is 105 Å². The average Bonchev–Trinajstić information content (AvgIpc) is 0.891. The van der Waals surface area contributed by atoms with Crippen molar-refractivity contribution in [3.05, 3.63) is 283 Å². The van der Waals surface area contributed by atoms with Gasteiger partial charge in [-0.3, -0.25) is 0 Å². The van der Waals surface area contributed by atoms with Crippen molar-refractivity contribution < 1.29 is 13.3 Å². The molecule has 0 spiro atoms. The van der Waals surface area contributed by atoms with Gasteiger partial charge in [0.1, 0.15) is 33.5 Å². The standard InChI is InChI=1S/C94H79BN2O3/c1-91(2,3)63-46-60(47-64(54-63)92(4,5)6)58-38-42-73-75(50-58)96(89-68(56-26-15-13-16-27-56)40-44-83-86(89)71-31-20-23-35-80(71)99-83)77-52-62(67-33-25-37-82-85(67)70-30-19-22-34-79(70)98-82)53-78-88(77)95(73)74-43-39-59(61-48-65(93(7,8)9)55-66(49-61)94(10,11)12)51-76(74)97(78)90-69(57-28-17-14-18-29-57)41-45-84-87(90)72-32-21-24-36-81(72)100-84/h13-55H,1-12H3. The fraction of sp³-hybridized carbons (Fsp3) is 0.170. The molecule has 0 atom stereocenters. The van der Waals surface area contributed by atoms with Crippen LogP contribution in [0.25, 0.3) is 121 Å². The predicted molar refractivity (Wildman–Crippen MR) is 424 cm³/mol. The van der Waals surface area contributed by atoms with Crippen LogP contribution in [0.15, 0.2) is 274 Å². The summed E-state index contributed by atoms with van der Waals surface area (Å²) in [6.07, 6.45) is 0. The number of benzene rings is 13. The van der Waals surface area contributed by atoms with Crippen molar-refractivity contribution in [3.8, 4) is 55.6 Å². The van der Waals surface area contributed by atoms with Crippen LogP contribution in [0.4, 0.5) is 34.1 Å². The second-order valence-corrected chi connectivity index (χ2v) is 32.1. The largest absolute Gasteiger partial charge is 0.456 e. The number of furan rings is 3. The first-order chi connectivity index (χ1) is 48.1. The number of anilines is 6. The third-order valence-corrected chi connectivity index (χ3v) is 21.4. The van der Waals surface area contributed by atoms with Gasteiger partial charge in [0, 0.05) is 55.4 Å². The fourth-order valence-corrected chi connectivity index (χ4v) is 16.1. The topological polar surface area (TPSA) is 45.9 Å². The van der Waals surface area contributed by atoms with E-state index in [1.807, 2.05) is 0 Å². The van der Waals surface area contributed by atoms with Gasteiger partial charge in [-0.15, -0.1) is 0 Å². The highest BCUT2D eigenvalue weighted by atomic mass is 16.3. The van der Waals surface area contributed by atoms with Crippen molar-refractivity contribution >= 4 is 123 Å². The molecule has 100 heavy (non-hydrogen) atoms. The minimum absolute atomic E-state index is 0.111. The molecule has 2 aliphatic rings. The van der Waals surface area contributed by atoms with E-state index in [1.165, 1.54) is 49.8 Å². The Morgan fingerprint density at radius 1 is 0.250 bits per heavy atom. The van der Waals surface area contributed by atoms with Crippen LogP contribution < -0.4 is 26.2 Å². The van der Waals surface area contributed by atoms with Crippen LogP contribution in [0.5, 0.6) is 0 Å². The third-order valence-electron chi connectivity index (χ3n) is 21.4. The van der Waals surface area contributed by atoms with E-state index in [4.69, 9.17) is 13.3 Å². The second kappa shape index (κ2) is 22.2. The molecular weight excluding hydrogens is 1220 g/mol. The van der Waals surface area contributed by atoms with Gasteiger partial charge in [-0.25, -0.2) is 0 Å². The zero-order valence-electron chi connectivity index (χ0n) is 59.0. The van der Waals surface area contributed by atoms with E-state index in [2.05, 4.69) is 354 Å². The summed E-state index contributed by atoms with van der Waals surface area (Å²) in [6, 6.07) is 97.7. The SMILES string of the molecule is CC(C)(C)c1cc(-c2ccc3c(c2)N(c2c(-c4ccccc4)ccc4oc5ccccc5c24)c2cc(-c4cccc5oc6ccccc6c45)cc4c2B3c2ccc(-c3cc(C(C)(C)C)cc(C(C)(C)C)c3)cc2N4c2c(-c3ccccc3)ccc3oc4ccccc4c23)cc(C(C)(C)C)c1. The average molecular weight is 1300 g/mol. The van der Waals surface area contributed by atoms with Gasteiger partial charge in [0.05, 0.1) is 22.1 Å². The van der Waals surface area contributed by atoms with Gasteiger partial charge in [-0.1, -0.05) is 271 Å². The quantitative estimate of drug-likeness (QED) is 0.149. The summed E-state index contributed by atoms with van der Waals surface area (Å²) >= 11 is 0. The predicted octanol–water partition coefficient (Wildman–Crippen LogP) is 25.0. The molecule has 0 N–H and O–H groups in total. The molecule has 0 unspecified atom stereocenters. The lowest BCUT2D eigenvalue weighted by molar-refractivity contribution is 0.568. The zero-order valence-corrected chi connectivity index (χ0v) is 59.0. The molecule has 18 rings (SSSR count). The normalized spacial score (nSPS) is 13.3. The summed E-state index contributed by atoms with van der Waals surface area (Å²) < 4.78 is 21.0. The van der Waals surface area contributed by atoms with Crippen LogP contribution in [-0.4, -0.2) is 6.71 Å². The van der Waals surface area contributed by atoms with E-state index in [-0.39, 0.29) is 28.4 Å². The van der Waals surface area contributed by atoms with E-state index in [9.17, 15) is 0 Å². The molecule has 0 fully saturated rings. The minimum Gasteiger partial charge on any atom is -0.456 e. The lowest BCUT2D eigenvalue weighted by Gasteiger charge is -2.45.